The van der Waals surface area contributed by atoms with Crippen molar-refractivity contribution in [3.05, 3.63) is 89.8 Å². The molecule has 1 aromatic heterocycles. The topological polar surface area (TPSA) is 67.2 Å². The Morgan fingerprint density at radius 1 is 1.00 bits per heavy atom. The van der Waals surface area contributed by atoms with Gasteiger partial charge in [0.1, 0.15) is 6.26 Å². The number of hydrogen-bond donors (Lipinski definition) is 2. The molecule has 2 aromatic carbocycles. The van der Waals surface area contributed by atoms with Crippen LogP contribution < -0.4 is 10.6 Å². The lowest BCUT2D eigenvalue weighted by molar-refractivity contribution is 0.238. The minimum absolute atomic E-state index is 0.178. The van der Waals surface area contributed by atoms with Crippen molar-refractivity contribution < 1.29 is 9.32 Å². The minimum atomic E-state index is -0.180. The lowest BCUT2D eigenvalue weighted by Gasteiger charge is -2.20. The van der Waals surface area contributed by atoms with E-state index in [4.69, 9.17) is 4.52 Å². The molecule has 0 fully saturated rings. The standard InChI is InChI=1S/C20H21N3O2/c24-20(21-13-7-8-16-14-22-25-15-16)23-19(17-9-3-1-4-10-17)18-11-5-2-6-12-18/h1-6,9-12,14-15,19H,7-8,13H2,(H2,21,23,24). The summed E-state index contributed by atoms with van der Waals surface area (Å²) in [6, 6.07) is 19.6. The van der Waals surface area contributed by atoms with Crippen LogP contribution in [-0.4, -0.2) is 17.7 Å². The summed E-state index contributed by atoms with van der Waals surface area (Å²) in [5, 5.41) is 9.64. The van der Waals surface area contributed by atoms with Gasteiger partial charge in [0, 0.05) is 12.1 Å². The van der Waals surface area contributed by atoms with Gasteiger partial charge < -0.3 is 15.2 Å². The number of carbonyl (C=O) groups excluding carboxylic acids is 1. The van der Waals surface area contributed by atoms with Gasteiger partial charge in [-0.3, -0.25) is 0 Å². The smallest absolute Gasteiger partial charge is 0.315 e. The monoisotopic (exact) mass is 335 g/mol. The van der Waals surface area contributed by atoms with E-state index in [1.165, 1.54) is 0 Å². The molecule has 0 aliphatic rings. The van der Waals surface area contributed by atoms with Gasteiger partial charge in [-0.05, 0) is 24.0 Å². The van der Waals surface area contributed by atoms with Gasteiger partial charge in [-0.25, -0.2) is 4.79 Å². The summed E-state index contributed by atoms with van der Waals surface area (Å²) >= 11 is 0. The van der Waals surface area contributed by atoms with Crippen LogP contribution >= 0.6 is 0 Å². The van der Waals surface area contributed by atoms with Crippen LogP contribution in [0.4, 0.5) is 4.79 Å². The quantitative estimate of drug-likeness (QED) is 0.647. The number of urea groups is 1. The van der Waals surface area contributed by atoms with Crippen molar-refractivity contribution >= 4 is 6.03 Å². The Bertz CT molecular complexity index is 719. The summed E-state index contributed by atoms with van der Waals surface area (Å²) in [5.41, 5.74) is 3.13. The number of aryl methyl sites for hydroxylation is 1. The molecule has 0 saturated heterocycles. The van der Waals surface area contributed by atoms with E-state index in [0.29, 0.717) is 6.54 Å². The summed E-state index contributed by atoms with van der Waals surface area (Å²) in [6.07, 6.45) is 4.97. The summed E-state index contributed by atoms with van der Waals surface area (Å²) in [6.45, 7) is 0.591. The zero-order valence-corrected chi connectivity index (χ0v) is 13.9. The van der Waals surface area contributed by atoms with E-state index >= 15 is 0 Å². The first kappa shape index (κ1) is 16.8. The predicted octanol–water partition coefficient (Wildman–Crippen LogP) is 3.70. The summed E-state index contributed by atoms with van der Waals surface area (Å²) in [5.74, 6) is 0. The molecule has 1 heterocycles. The molecule has 0 bridgehead atoms. The molecule has 3 rings (SSSR count). The number of rotatable bonds is 7. The summed E-state index contributed by atoms with van der Waals surface area (Å²) in [4.78, 5) is 12.3. The Morgan fingerprint density at radius 3 is 2.20 bits per heavy atom. The molecule has 128 valence electrons. The highest BCUT2D eigenvalue weighted by Crippen LogP contribution is 2.21. The molecule has 2 amide bonds. The molecule has 0 radical (unpaired) electrons. The normalized spacial score (nSPS) is 10.6. The average Bonchev–Trinajstić information content (AvgIpc) is 3.18. The van der Waals surface area contributed by atoms with Gasteiger partial charge in [-0.2, -0.15) is 0 Å². The van der Waals surface area contributed by atoms with Crippen LogP contribution in [0.1, 0.15) is 29.2 Å². The van der Waals surface area contributed by atoms with E-state index < -0.39 is 0 Å². The maximum Gasteiger partial charge on any atom is 0.315 e. The van der Waals surface area contributed by atoms with Gasteiger partial charge >= 0.3 is 6.03 Å². The van der Waals surface area contributed by atoms with Crippen LogP contribution in [0.25, 0.3) is 0 Å². The third-order valence-corrected chi connectivity index (χ3v) is 3.95. The number of aromatic nitrogens is 1. The third kappa shape index (κ3) is 4.94. The number of nitrogens with zero attached hydrogens (tertiary/aromatic N) is 1. The van der Waals surface area contributed by atoms with Crippen molar-refractivity contribution in [3.63, 3.8) is 0 Å². The zero-order chi connectivity index (χ0) is 17.3. The maximum absolute atomic E-state index is 12.3. The Labute approximate surface area is 147 Å². The van der Waals surface area contributed by atoms with Crippen molar-refractivity contribution in [1.29, 1.82) is 0 Å². The Morgan fingerprint density at radius 2 is 1.64 bits per heavy atom. The van der Waals surface area contributed by atoms with Crippen molar-refractivity contribution in [1.82, 2.24) is 15.8 Å². The minimum Gasteiger partial charge on any atom is -0.364 e. The highest BCUT2D eigenvalue weighted by molar-refractivity contribution is 5.75. The second-order valence-electron chi connectivity index (χ2n) is 5.79. The number of carbonyl (C=O) groups is 1. The average molecular weight is 335 g/mol. The second kappa shape index (κ2) is 8.68. The van der Waals surface area contributed by atoms with Crippen LogP contribution in [0, 0.1) is 0 Å². The molecule has 0 unspecified atom stereocenters. The van der Waals surface area contributed by atoms with Gasteiger partial charge in [0.25, 0.3) is 0 Å². The summed E-state index contributed by atoms with van der Waals surface area (Å²) < 4.78 is 4.79. The second-order valence-corrected chi connectivity index (χ2v) is 5.79. The van der Waals surface area contributed by atoms with Crippen LogP contribution in [0.3, 0.4) is 0 Å². The molecule has 3 aromatic rings. The maximum atomic E-state index is 12.3. The van der Waals surface area contributed by atoms with Gasteiger partial charge in [-0.1, -0.05) is 65.8 Å². The van der Waals surface area contributed by atoms with E-state index in [1.54, 1.807) is 12.5 Å². The van der Waals surface area contributed by atoms with Crippen LogP contribution in [0.2, 0.25) is 0 Å². The fourth-order valence-corrected chi connectivity index (χ4v) is 2.68. The first-order chi connectivity index (χ1) is 12.3. The lowest BCUT2D eigenvalue weighted by atomic mass is 9.99. The molecule has 0 aliphatic heterocycles. The van der Waals surface area contributed by atoms with E-state index in [1.807, 2.05) is 60.7 Å². The molecular weight excluding hydrogens is 314 g/mol. The fourth-order valence-electron chi connectivity index (χ4n) is 2.68. The molecule has 0 atom stereocenters. The Kier molecular flexibility index (Phi) is 5.82. The van der Waals surface area contributed by atoms with Crippen LogP contribution in [0.5, 0.6) is 0 Å². The lowest BCUT2D eigenvalue weighted by Crippen LogP contribution is -2.38. The zero-order valence-electron chi connectivity index (χ0n) is 13.9. The number of benzene rings is 2. The number of nitrogens with one attached hydrogen (secondary N) is 2. The molecule has 2 N–H and O–H groups in total. The van der Waals surface area contributed by atoms with Crippen molar-refractivity contribution in [2.75, 3.05) is 6.54 Å². The molecule has 0 saturated carbocycles. The molecular formula is C20H21N3O2. The highest BCUT2D eigenvalue weighted by atomic mass is 16.5. The van der Waals surface area contributed by atoms with Gasteiger partial charge in [0.15, 0.2) is 0 Å². The van der Waals surface area contributed by atoms with Crippen LogP contribution in [0.15, 0.2) is 77.6 Å². The van der Waals surface area contributed by atoms with Crippen molar-refractivity contribution in [2.24, 2.45) is 0 Å². The first-order valence-electron chi connectivity index (χ1n) is 8.35. The molecule has 5 nitrogen and oxygen atoms in total. The van der Waals surface area contributed by atoms with E-state index in [2.05, 4.69) is 15.8 Å². The van der Waals surface area contributed by atoms with Gasteiger partial charge in [0.2, 0.25) is 0 Å². The molecule has 5 heteroatoms. The largest absolute Gasteiger partial charge is 0.364 e. The third-order valence-electron chi connectivity index (χ3n) is 3.95. The van der Waals surface area contributed by atoms with Crippen molar-refractivity contribution in [3.8, 4) is 0 Å². The molecule has 0 aliphatic carbocycles. The van der Waals surface area contributed by atoms with Crippen molar-refractivity contribution in [2.45, 2.75) is 18.9 Å². The van der Waals surface area contributed by atoms with E-state index in [-0.39, 0.29) is 12.1 Å². The molecule has 25 heavy (non-hydrogen) atoms. The van der Waals surface area contributed by atoms with E-state index in [0.717, 1.165) is 29.5 Å². The first-order valence-corrected chi connectivity index (χ1v) is 8.35. The number of amides is 2. The summed E-state index contributed by atoms with van der Waals surface area (Å²) in [7, 11) is 0. The SMILES string of the molecule is O=C(NCCCc1cnoc1)NC(c1ccccc1)c1ccccc1. The number of hydrogen-bond acceptors (Lipinski definition) is 3. The van der Waals surface area contributed by atoms with Gasteiger partial charge in [-0.15, -0.1) is 0 Å². The Balaban J connectivity index is 1.57. The van der Waals surface area contributed by atoms with E-state index in [9.17, 15) is 4.79 Å². The van der Waals surface area contributed by atoms with Crippen LogP contribution in [-0.2, 0) is 6.42 Å². The highest BCUT2D eigenvalue weighted by Gasteiger charge is 2.16. The Hall–Kier alpha value is -3.08. The molecule has 0 spiro atoms. The van der Waals surface area contributed by atoms with Gasteiger partial charge in [0.05, 0.1) is 12.2 Å². The predicted molar refractivity (Wildman–Crippen MR) is 96.1 cm³/mol. The fraction of sp³-hybridized carbons (Fsp3) is 0.200.